The summed E-state index contributed by atoms with van der Waals surface area (Å²) in [5.41, 5.74) is 7.44. The summed E-state index contributed by atoms with van der Waals surface area (Å²) in [5, 5.41) is 2.98. The van der Waals surface area contributed by atoms with Gasteiger partial charge in [-0.05, 0) is 23.3 Å². The highest BCUT2D eigenvalue weighted by molar-refractivity contribution is 5.76. The highest BCUT2D eigenvalue weighted by Crippen LogP contribution is 2.50. The third-order valence-electron chi connectivity index (χ3n) is 3.90. The molecule has 1 aromatic rings. The Balaban J connectivity index is 1.74. The van der Waals surface area contributed by atoms with Gasteiger partial charge in [-0.15, -0.1) is 0 Å². The molecule has 0 spiro atoms. The summed E-state index contributed by atoms with van der Waals surface area (Å²) in [6.45, 7) is 5.26. The summed E-state index contributed by atoms with van der Waals surface area (Å²) in [5.74, 6) is 0.684. The number of nitrogens with one attached hydrogen (secondary N) is 1. The fraction of sp³-hybridized carbons (Fsp3) is 0.533. The summed E-state index contributed by atoms with van der Waals surface area (Å²) < 4.78 is 0. The Hall–Kier alpha value is -1.35. The molecular weight excluding hydrogens is 224 g/mol. The van der Waals surface area contributed by atoms with Crippen LogP contribution in [0.15, 0.2) is 30.3 Å². The first-order valence-electron chi connectivity index (χ1n) is 6.56. The Bertz CT molecular complexity index is 414. The quantitative estimate of drug-likeness (QED) is 0.837. The van der Waals surface area contributed by atoms with Gasteiger partial charge in [0.25, 0.3) is 0 Å². The van der Waals surface area contributed by atoms with Crippen LogP contribution in [0, 0.1) is 11.3 Å². The maximum atomic E-state index is 11.8. The first kappa shape index (κ1) is 13.1. The molecule has 0 aromatic heterocycles. The molecule has 98 valence electrons. The summed E-state index contributed by atoms with van der Waals surface area (Å²) >= 11 is 0. The van der Waals surface area contributed by atoms with Crippen molar-refractivity contribution in [2.45, 2.75) is 32.7 Å². The molecule has 0 heterocycles. The highest BCUT2D eigenvalue weighted by atomic mass is 16.1. The summed E-state index contributed by atoms with van der Waals surface area (Å²) in [7, 11) is 0. The van der Waals surface area contributed by atoms with Gasteiger partial charge in [0.1, 0.15) is 0 Å². The third kappa shape index (κ3) is 3.33. The fourth-order valence-corrected chi connectivity index (χ4v) is 2.25. The lowest BCUT2D eigenvalue weighted by Crippen LogP contribution is -2.29. The Labute approximate surface area is 109 Å². The van der Waals surface area contributed by atoms with Gasteiger partial charge in [-0.25, -0.2) is 0 Å². The van der Waals surface area contributed by atoms with Crippen LogP contribution in [0.4, 0.5) is 0 Å². The van der Waals surface area contributed by atoms with E-state index in [1.54, 1.807) is 0 Å². The second-order valence-corrected chi connectivity index (χ2v) is 5.92. The molecule has 1 aliphatic rings. The molecule has 3 N–H and O–H groups in total. The number of rotatable bonds is 5. The minimum Gasteiger partial charge on any atom is -0.356 e. The first-order chi connectivity index (χ1) is 8.49. The number of carbonyl (C=O) groups is 1. The molecule has 0 saturated heterocycles. The number of benzene rings is 1. The molecule has 1 aromatic carbocycles. The van der Waals surface area contributed by atoms with Crippen LogP contribution in [0.2, 0.25) is 0 Å². The van der Waals surface area contributed by atoms with E-state index in [2.05, 4.69) is 19.2 Å². The van der Waals surface area contributed by atoms with Crippen LogP contribution in [0.25, 0.3) is 0 Å². The number of hydrogen-bond acceptors (Lipinski definition) is 2. The Morgan fingerprint density at radius 3 is 2.61 bits per heavy atom. The first-order valence-corrected chi connectivity index (χ1v) is 6.56. The summed E-state index contributed by atoms with van der Waals surface area (Å²) in [6, 6.07) is 9.55. The molecule has 18 heavy (non-hydrogen) atoms. The molecule has 3 nitrogen and oxygen atoms in total. The molecule has 1 aliphatic carbocycles. The molecule has 3 heteroatoms. The Morgan fingerprint density at radius 1 is 1.44 bits per heavy atom. The van der Waals surface area contributed by atoms with Gasteiger partial charge in [-0.2, -0.15) is 0 Å². The SMILES string of the molecule is CC1(C)CC1CNC(=O)CC(N)c1ccccc1. The maximum absolute atomic E-state index is 11.8. The second kappa shape index (κ2) is 5.11. The van der Waals surface area contributed by atoms with Gasteiger partial charge in [-0.3, -0.25) is 4.79 Å². The lowest BCUT2D eigenvalue weighted by Gasteiger charge is -2.12. The van der Waals surface area contributed by atoms with Crippen LogP contribution in [0.1, 0.15) is 38.3 Å². The van der Waals surface area contributed by atoms with E-state index in [0.29, 0.717) is 17.8 Å². The van der Waals surface area contributed by atoms with E-state index in [-0.39, 0.29) is 11.9 Å². The lowest BCUT2D eigenvalue weighted by atomic mass is 10.0. The van der Waals surface area contributed by atoms with Crippen molar-refractivity contribution in [2.75, 3.05) is 6.54 Å². The van der Waals surface area contributed by atoms with E-state index in [1.807, 2.05) is 30.3 Å². The zero-order valence-corrected chi connectivity index (χ0v) is 11.1. The van der Waals surface area contributed by atoms with Crippen molar-refractivity contribution < 1.29 is 4.79 Å². The molecule has 0 aliphatic heterocycles. The predicted octanol–water partition coefficient (Wildman–Crippen LogP) is 2.24. The zero-order chi connectivity index (χ0) is 13.2. The number of nitrogens with two attached hydrogens (primary N) is 1. The number of carbonyl (C=O) groups excluding carboxylic acids is 1. The molecule has 0 bridgehead atoms. The van der Waals surface area contributed by atoms with Gasteiger partial charge < -0.3 is 11.1 Å². The molecule has 1 amide bonds. The van der Waals surface area contributed by atoms with Crippen molar-refractivity contribution in [1.82, 2.24) is 5.32 Å². The van der Waals surface area contributed by atoms with Gasteiger partial charge in [0.05, 0.1) is 0 Å². The van der Waals surface area contributed by atoms with Crippen molar-refractivity contribution in [1.29, 1.82) is 0 Å². The summed E-state index contributed by atoms with van der Waals surface area (Å²) in [4.78, 5) is 11.8. The van der Waals surface area contributed by atoms with Crippen molar-refractivity contribution in [3.05, 3.63) is 35.9 Å². The van der Waals surface area contributed by atoms with Gasteiger partial charge in [0, 0.05) is 19.0 Å². The summed E-state index contributed by atoms with van der Waals surface area (Å²) in [6.07, 6.45) is 1.56. The van der Waals surface area contributed by atoms with Crippen LogP contribution < -0.4 is 11.1 Å². The minimum atomic E-state index is -0.210. The van der Waals surface area contributed by atoms with Gasteiger partial charge in [0.2, 0.25) is 5.91 Å². The van der Waals surface area contributed by atoms with E-state index in [9.17, 15) is 4.79 Å². The zero-order valence-electron chi connectivity index (χ0n) is 11.1. The maximum Gasteiger partial charge on any atom is 0.221 e. The van der Waals surface area contributed by atoms with Crippen LogP contribution >= 0.6 is 0 Å². The van der Waals surface area contributed by atoms with Crippen LogP contribution in [-0.2, 0) is 4.79 Å². The van der Waals surface area contributed by atoms with E-state index in [0.717, 1.165) is 12.1 Å². The van der Waals surface area contributed by atoms with E-state index < -0.39 is 0 Å². The van der Waals surface area contributed by atoms with Gasteiger partial charge in [0.15, 0.2) is 0 Å². The third-order valence-corrected chi connectivity index (χ3v) is 3.90. The molecular formula is C15H22N2O. The number of amides is 1. The predicted molar refractivity (Wildman–Crippen MR) is 72.9 cm³/mol. The van der Waals surface area contributed by atoms with E-state index in [1.165, 1.54) is 6.42 Å². The van der Waals surface area contributed by atoms with E-state index in [4.69, 9.17) is 5.73 Å². The van der Waals surface area contributed by atoms with Crippen LogP contribution in [0.5, 0.6) is 0 Å². The van der Waals surface area contributed by atoms with Crippen molar-refractivity contribution in [3.63, 3.8) is 0 Å². The average Bonchev–Trinajstić information content (AvgIpc) is 2.96. The van der Waals surface area contributed by atoms with Crippen molar-refractivity contribution >= 4 is 5.91 Å². The normalized spacial score (nSPS) is 22.3. The highest BCUT2D eigenvalue weighted by Gasteiger charge is 2.45. The Morgan fingerprint density at radius 2 is 2.06 bits per heavy atom. The fourth-order valence-electron chi connectivity index (χ4n) is 2.25. The molecule has 2 rings (SSSR count). The van der Waals surface area contributed by atoms with Crippen LogP contribution in [0.3, 0.4) is 0 Å². The Kier molecular flexibility index (Phi) is 3.71. The smallest absolute Gasteiger partial charge is 0.221 e. The second-order valence-electron chi connectivity index (χ2n) is 5.92. The average molecular weight is 246 g/mol. The molecule has 2 atom stereocenters. The van der Waals surface area contributed by atoms with Gasteiger partial charge in [-0.1, -0.05) is 44.2 Å². The molecule has 1 fully saturated rings. The minimum absolute atomic E-state index is 0.0500. The monoisotopic (exact) mass is 246 g/mol. The standard InChI is InChI=1S/C15H22N2O/c1-15(2)9-12(15)10-17-14(18)8-13(16)11-6-4-3-5-7-11/h3-7,12-13H,8-10,16H2,1-2H3,(H,17,18). The largest absolute Gasteiger partial charge is 0.356 e. The van der Waals surface area contributed by atoms with Gasteiger partial charge >= 0.3 is 0 Å². The number of hydrogen-bond donors (Lipinski definition) is 2. The molecule has 1 saturated carbocycles. The van der Waals surface area contributed by atoms with Crippen molar-refractivity contribution in [3.8, 4) is 0 Å². The topological polar surface area (TPSA) is 55.1 Å². The molecule has 0 radical (unpaired) electrons. The molecule has 2 unspecified atom stereocenters. The van der Waals surface area contributed by atoms with Crippen molar-refractivity contribution in [2.24, 2.45) is 17.1 Å². The van der Waals surface area contributed by atoms with Crippen LogP contribution in [-0.4, -0.2) is 12.5 Å². The van der Waals surface area contributed by atoms with E-state index >= 15 is 0 Å². The lowest BCUT2D eigenvalue weighted by molar-refractivity contribution is -0.121.